The first kappa shape index (κ1) is 7.98. The molecule has 0 saturated heterocycles. The van der Waals surface area contributed by atoms with Crippen molar-refractivity contribution in [2.45, 2.75) is 26.8 Å². The van der Waals surface area contributed by atoms with Gasteiger partial charge in [0.15, 0.2) is 11.8 Å². The van der Waals surface area contributed by atoms with Crippen molar-refractivity contribution in [2.75, 3.05) is 0 Å². The van der Waals surface area contributed by atoms with Crippen LogP contribution >= 0.6 is 0 Å². The minimum atomic E-state index is 0.0868. The summed E-state index contributed by atoms with van der Waals surface area (Å²) in [5.41, 5.74) is 0.705. The SMILES string of the molecule is Cc1cc(O)n(C(C)C)c1O. The quantitative estimate of drug-likeness (QED) is 0.649. The van der Waals surface area contributed by atoms with E-state index in [1.807, 2.05) is 13.8 Å². The van der Waals surface area contributed by atoms with Gasteiger partial charge >= 0.3 is 0 Å². The smallest absolute Gasteiger partial charge is 0.197 e. The number of aryl methyl sites for hydroxylation is 1. The van der Waals surface area contributed by atoms with Gasteiger partial charge in [-0.15, -0.1) is 0 Å². The third-order valence-corrected chi connectivity index (χ3v) is 1.69. The molecule has 1 rings (SSSR count). The van der Waals surface area contributed by atoms with Crippen molar-refractivity contribution in [2.24, 2.45) is 0 Å². The van der Waals surface area contributed by atoms with Crippen molar-refractivity contribution < 1.29 is 10.2 Å². The number of aromatic nitrogens is 1. The Kier molecular flexibility index (Phi) is 1.81. The van der Waals surface area contributed by atoms with Crippen molar-refractivity contribution in [1.29, 1.82) is 0 Å². The van der Waals surface area contributed by atoms with Gasteiger partial charge in [0.25, 0.3) is 0 Å². The molecule has 0 bridgehead atoms. The van der Waals surface area contributed by atoms with E-state index >= 15 is 0 Å². The van der Waals surface area contributed by atoms with Crippen LogP contribution in [-0.2, 0) is 0 Å². The molecule has 0 aromatic carbocycles. The van der Waals surface area contributed by atoms with Crippen LogP contribution in [0.5, 0.6) is 11.8 Å². The van der Waals surface area contributed by atoms with Crippen LogP contribution in [-0.4, -0.2) is 14.8 Å². The summed E-state index contributed by atoms with van der Waals surface area (Å²) in [6.45, 7) is 5.56. The summed E-state index contributed by atoms with van der Waals surface area (Å²) in [6, 6.07) is 1.64. The molecule has 0 saturated carbocycles. The lowest BCUT2D eigenvalue weighted by atomic mass is 10.4. The molecule has 0 atom stereocenters. The molecule has 0 amide bonds. The summed E-state index contributed by atoms with van der Waals surface area (Å²) in [5.74, 6) is 0.271. The fourth-order valence-electron chi connectivity index (χ4n) is 1.14. The molecule has 0 unspecified atom stereocenters. The van der Waals surface area contributed by atoms with Gasteiger partial charge in [0.2, 0.25) is 0 Å². The van der Waals surface area contributed by atoms with Gasteiger partial charge in [-0.2, -0.15) is 0 Å². The summed E-state index contributed by atoms with van der Waals surface area (Å²) >= 11 is 0. The van der Waals surface area contributed by atoms with E-state index in [9.17, 15) is 10.2 Å². The van der Waals surface area contributed by atoms with Crippen molar-refractivity contribution >= 4 is 0 Å². The number of rotatable bonds is 1. The van der Waals surface area contributed by atoms with E-state index in [0.29, 0.717) is 5.56 Å². The fraction of sp³-hybridized carbons (Fsp3) is 0.500. The summed E-state index contributed by atoms with van der Waals surface area (Å²) in [5, 5.41) is 18.7. The molecule has 11 heavy (non-hydrogen) atoms. The molecule has 3 heteroatoms. The maximum absolute atomic E-state index is 9.39. The lowest BCUT2D eigenvalue weighted by Crippen LogP contribution is -1.98. The summed E-state index contributed by atoms with van der Waals surface area (Å²) in [6.07, 6.45) is 0. The van der Waals surface area contributed by atoms with Crippen LogP contribution in [0.1, 0.15) is 25.5 Å². The maximum Gasteiger partial charge on any atom is 0.197 e. The van der Waals surface area contributed by atoms with E-state index in [0.717, 1.165) is 0 Å². The Morgan fingerprint density at radius 1 is 1.36 bits per heavy atom. The highest BCUT2D eigenvalue weighted by atomic mass is 16.3. The zero-order valence-electron chi connectivity index (χ0n) is 7.00. The standard InChI is InChI=1S/C8H13NO2/c1-5(2)9-7(10)4-6(3)8(9)11/h4-5,10-11H,1-3H3. The highest BCUT2D eigenvalue weighted by Gasteiger charge is 2.12. The van der Waals surface area contributed by atoms with Crippen molar-refractivity contribution in [1.82, 2.24) is 4.57 Å². The van der Waals surface area contributed by atoms with Gasteiger partial charge in [-0.25, -0.2) is 0 Å². The monoisotopic (exact) mass is 155 g/mol. The molecule has 62 valence electrons. The summed E-state index contributed by atoms with van der Waals surface area (Å²) < 4.78 is 1.48. The van der Waals surface area contributed by atoms with Gasteiger partial charge in [0.1, 0.15) is 0 Å². The molecule has 0 spiro atoms. The largest absolute Gasteiger partial charge is 0.494 e. The molecule has 1 aromatic heterocycles. The van der Waals surface area contributed by atoms with E-state index in [1.165, 1.54) is 4.57 Å². The Morgan fingerprint density at radius 2 is 1.91 bits per heavy atom. The van der Waals surface area contributed by atoms with Crippen LogP contribution in [0.3, 0.4) is 0 Å². The maximum atomic E-state index is 9.39. The molecular formula is C8H13NO2. The van der Waals surface area contributed by atoms with Crippen LogP contribution in [0.25, 0.3) is 0 Å². The molecule has 0 aliphatic heterocycles. The molecule has 3 nitrogen and oxygen atoms in total. The van der Waals surface area contributed by atoms with Crippen LogP contribution in [0, 0.1) is 6.92 Å². The van der Waals surface area contributed by atoms with E-state index in [1.54, 1.807) is 13.0 Å². The van der Waals surface area contributed by atoms with E-state index in [2.05, 4.69) is 0 Å². The number of nitrogens with zero attached hydrogens (tertiary/aromatic N) is 1. The Morgan fingerprint density at radius 3 is 2.09 bits per heavy atom. The topological polar surface area (TPSA) is 45.4 Å². The van der Waals surface area contributed by atoms with E-state index in [4.69, 9.17) is 0 Å². The molecular weight excluding hydrogens is 142 g/mol. The molecule has 2 N–H and O–H groups in total. The Balaban J connectivity index is 3.22. The predicted octanol–water partition coefficient (Wildman–Crippen LogP) is 1.79. The zero-order valence-corrected chi connectivity index (χ0v) is 7.00. The second-order valence-corrected chi connectivity index (χ2v) is 2.97. The first-order chi connectivity index (χ1) is 5.04. The third-order valence-electron chi connectivity index (χ3n) is 1.69. The minimum Gasteiger partial charge on any atom is -0.494 e. The van der Waals surface area contributed by atoms with Crippen LogP contribution in [0.2, 0.25) is 0 Å². The molecule has 0 radical (unpaired) electrons. The van der Waals surface area contributed by atoms with Crippen LogP contribution in [0.15, 0.2) is 6.07 Å². The molecule has 1 aromatic rings. The second kappa shape index (κ2) is 2.49. The summed E-state index contributed by atoms with van der Waals surface area (Å²) in [4.78, 5) is 0. The normalized spacial score (nSPS) is 10.9. The third kappa shape index (κ3) is 1.18. The van der Waals surface area contributed by atoms with Gasteiger partial charge in [-0.05, 0) is 20.8 Å². The second-order valence-electron chi connectivity index (χ2n) is 2.97. The molecule has 0 fully saturated rings. The lowest BCUT2D eigenvalue weighted by Gasteiger charge is -2.09. The number of hydrogen-bond acceptors (Lipinski definition) is 2. The van der Waals surface area contributed by atoms with Crippen molar-refractivity contribution in [3.8, 4) is 11.8 Å². The van der Waals surface area contributed by atoms with E-state index in [-0.39, 0.29) is 17.8 Å². The van der Waals surface area contributed by atoms with Gasteiger partial charge < -0.3 is 10.2 Å². The first-order valence-electron chi connectivity index (χ1n) is 3.63. The lowest BCUT2D eigenvalue weighted by molar-refractivity contribution is 0.349. The molecule has 0 aliphatic carbocycles. The van der Waals surface area contributed by atoms with Gasteiger partial charge in [-0.3, -0.25) is 4.57 Å². The predicted molar refractivity (Wildman–Crippen MR) is 42.9 cm³/mol. The van der Waals surface area contributed by atoms with Crippen LogP contribution in [0.4, 0.5) is 0 Å². The highest BCUT2D eigenvalue weighted by molar-refractivity contribution is 5.34. The van der Waals surface area contributed by atoms with Gasteiger partial charge in [0, 0.05) is 17.7 Å². The van der Waals surface area contributed by atoms with Crippen molar-refractivity contribution in [3.63, 3.8) is 0 Å². The number of hydrogen-bond donors (Lipinski definition) is 2. The van der Waals surface area contributed by atoms with Crippen LogP contribution < -0.4 is 0 Å². The number of aromatic hydroxyl groups is 2. The van der Waals surface area contributed by atoms with Crippen molar-refractivity contribution in [3.05, 3.63) is 11.6 Å². The highest BCUT2D eigenvalue weighted by Crippen LogP contribution is 2.29. The molecule has 0 aliphatic rings. The molecule has 1 heterocycles. The minimum absolute atomic E-state index is 0.0868. The summed E-state index contributed by atoms with van der Waals surface area (Å²) in [7, 11) is 0. The Labute approximate surface area is 65.9 Å². The zero-order chi connectivity index (χ0) is 8.59. The average Bonchev–Trinajstić information content (AvgIpc) is 2.07. The fourth-order valence-corrected chi connectivity index (χ4v) is 1.14. The first-order valence-corrected chi connectivity index (χ1v) is 3.63. The van der Waals surface area contributed by atoms with Gasteiger partial charge in [0.05, 0.1) is 0 Å². The Bertz CT molecular complexity index is 263. The van der Waals surface area contributed by atoms with E-state index < -0.39 is 0 Å². The Hall–Kier alpha value is -1.12. The average molecular weight is 155 g/mol. The van der Waals surface area contributed by atoms with Gasteiger partial charge in [-0.1, -0.05) is 0 Å².